The van der Waals surface area contributed by atoms with Crippen LogP contribution in [0.25, 0.3) is 21.3 Å². The summed E-state index contributed by atoms with van der Waals surface area (Å²) in [7, 11) is 1.68. The van der Waals surface area contributed by atoms with Gasteiger partial charge in [-0.2, -0.15) is 4.98 Å². The van der Waals surface area contributed by atoms with Crippen LogP contribution >= 0.6 is 11.3 Å². The zero-order chi connectivity index (χ0) is 17.7. The Morgan fingerprint density at radius 1 is 1.16 bits per heavy atom. The monoisotopic (exact) mass is 351 g/mol. The number of para-hydroxylation sites is 2. The molecule has 0 spiro atoms. The second kappa shape index (κ2) is 5.67. The summed E-state index contributed by atoms with van der Waals surface area (Å²) in [6, 6.07) is 9.81. The fraction of sp³-hybridized carbons (Fsp3) is 0.211. The highest BCUT2D eigenvalue weighted by Gasteiger charge is 2.24. The number of carbonyl (C=O) groups is 1. The Labute approximate surface area is 148 Å². The van der Waals surface area contributed by atoms with Crippen LogP contribution in [0.1, 0.15) is 26.5 Å². The first-order valence-corrected chi connectivity index (χ1v) is 8.78. The maximum absolute atomic E-state index is 13.0. The molecule has 1 aromatic carbocycles. The van der Waals surface area contributed by atoms with Crippen molar-refractivity contribution in [2.75, 3.05) is 11.9 Å². The van der Waals surface area contributed by atoms with Crippen molar-refractivity contribution in [1.29, 1.82) is 0 Å². The van der Waals surface area contributed by atoms with Gasteiger partial charge in [-0.3, -0.25) is 9.69 Å². The lowest BCUT2D eigenvalue weighted by Gasteiger charge is -2.11. The predicted molar refractivity (Wildman–Crippen MR) is 101 cm³/mol. The van der Waals surface area contributed by atoms with E-state index < -0.39 is 0 Å². The number of benzene rings is 1. The molecule has 0 saturated carbocycles. The fourth-order valence-corrected chi connectivity index (χ4v) is 4.34. The van der Waals surface area contributed by atoms with Gasteiger partial charge in [0.05, 0.1) is 4.88 Å². The SMILES string of the molecule is Cc1cc(C)c2c(C)c(C(=O)N(C)c3nc4ccccc4o3)sc2n1. The molecule has 0 fully saturated rings. The zero-order valence-electron chi connectivity index (χ0n) is 14.5. The summed E-state index contributed by atoms with van der Waals surface area (Å²) in [6.07, 6.45) is 0. The van der Waals surface area contributed by atoms with Crippen LogP contribution in [0.15, 0.2) is 34.7 Å². The highest BCUT2D eigenvalue weighted by atomic mass is 32.1. The van der Waals surface area contributed by atoms with Gasteiger partial charge in [-0.25, -0.2) is 4.98 Å². The van der Waals surface area contributed by atoms with E-state index in [0.717, 1.165) is 32.6 Å². The lowest BCUT2D eigenvalue weighted by atomic mass is 10.1. The number of oxazole rings is 1. The average Bonchev–Trinajstić information content (AvgIpc) is 3.14. The molecule has 0 aliphatic rings. The van der Waals surface area contributed by atoms with E-state index in [9.17, 15) is 4.79 Å². The molecule has 3 aromatic heterocycles. The molecule has 0 aliphatic heterocycles. The minimum Gasteiger partial charge on any atom is -0.423 e. The molecular formula is C19H17N3O2S. The number of hydrogen-bond donors (Lipinski definition) is 0. The molecular weight excluding hydrogens is 334 g/mol. The molecule has 0 unspecified atom stereocenters. The Bertz CT molecular complexity index is 1090. The molecule has 0 N–H and O–H groups in total. The number of aromatic nitrogens is 2. The lowest BCUT2D eigenvalue weighted by Crippen LogP contribution is -2.26. The second-order valence-electron chi connectivity index (χ2n) is 6.15. The van der Waals surface area contributed by atoms with E-state index >= 15 is 0 Å². The predicted octanol–water partition coefficient (Wildman–Crippen LogP) is 4.64. The Morgan fingerprint density at radius 3 is 2.68 bits per heavy atom. The summed E-state index contributed by atoms with van der Waals surface area (Å²) in [5.74, 6) is -0.135. The summed E-state index contributed by atoms with van der Waals surface area (Å²) in [5.41, 5.74) is 4.45. The first-order valence-electron chi connectivity index (χ1n) is 7.96. The number of fused-ring (bicyclic) bond motifs is 2. The summed E-state index contributed by atoms with van der Waals surface area (Å²) in [6.45, 7) is 5.99. The van der Waals surface area contributed by atoms with Crippen LogP contribution in [0.2, 0.25) is 0 Å². The number of anilines is 1. The van der Waals surface area contributed by atoms with Crippen molar-refractivity contribution in [2.24, 2.45) is 0 Å². The topological polar surface area (TPSA) is 59.2 Å². The number of carbonyl (C=O) groups excluding carboxylic acids is 1. The maximum atomic E-state index is 13.0. The minimum atomic E-state index is -0.135. The van der Waals surface area contributed by atoms with Gasteiger partial charge in [0.1, 0.15) is 10.3 Å². The molecule has 4 rings (SSSR count). The molecule has 4 aromatic rings. The lowest BCUT2D eigenvalue weighted by molar-refractivity contribution is 0.0992. The van der Waals surface area contributed by atoms with Crippen LogP contribution in [0, 0.1) is 20.8 Å². The maximum Gasteiger partial charge on any atom is 0.305 e. The smallest absolute Gasteiger partial charge is 0.305 e. The van der Waals surface area contributed by atoms with E-state index in [2.05, 4.69) is 16.9 Å². The third-order valence-electron chi connectivity index (χ3n) is 4.29. The van der Waals surface area contributed by atoms with Crippen LogP contribution in [-0.2, 0) is 0 Å². The summed E-state index contributed by atoms with van der Waals surface area (Å²) >= 11 is 1.42. The summed E-state index contributed by atoms with van der Waals surface area (Å²) in [4.78, 5) is 25.0. The van der Waals surface area contributed by atoms with Gasteiger partial charge >= 0.3 is 6.01 Å². The van der Waals surface area contributed by atoms with Crippen LogP contribution in [0.3, 0.4) is 0 Å². The molecule has 0 saturated heterocycles. The van der Waals surface area contributed by atoms with Gasteiger partial charge in [-0.1, -0.05) is 12.1 Å². The van der Waals surface area contributed by atoms with Gasteiger partial charge in [0.15, 0.2) is 5.58 Å². The highest BCUT2D eigenvalue weighted by Crippen LogP contribution is 2.33. The Balaban J connectivity index is 1.78. The van der Waals surface area contributed by atoms with Crippen molar-refractivity contribution in [3.8, 4) is 0 Å². The standard InChI is InChI=1S/C19H17N3O2S/c1-10-9-11(2)20-17-15(10)12(3)16(25-17)18(23)22(4)19-21-13-7-5-6-8-14(13)24-19/h5-9H,1-4H3. The second-order valence-corrected chi connectivity index (χ2v) is 7.14. The van der Waals surface area contributed by atoms with Gasteiger partial charge in [-0.05, 0) is 50.1 Å². The fourth-order valence-electron chi connectivity index (χ4n) is 3.07. The molecule has 1 amide bonds. The number of rotatable bonds is 2. The van der Waals surface area contributed by atoms with Crippen molar-refractivity contribution in [3.05, 3.63) is 52.0 Å². The van der Waals surface area contributed by atoms with E-state index in [-0.39, 0.29) is 5.91 Å². The van der Waals surface area contributed by atoms with Gasteiger partial charge in [0.25, 0.3) is 5.91 Å². The van der Waals surface area contributed by atoms with Crippen molar-refractivity contribution in [2.45, 2.75) is 20.8 Å². The van der Waals surface area contributed by atoms with E-state index in [1.807, 2.05) is 44.2 Å². The van der Waals surface area contributed by atoms with Crippen LogP contribution in [0.5, 0.6) is 0 Å². The van der Waals surface area contributed by atoms with E-state index in [0.29, 0.717) is 16.5 Å². The quantitative estimate of drug-likeness (QED) is 0.528. The van der Waals surface area contributed by atoms with Gasteiger partial charge in [0, 0.05) is 18.1 Å². The number of pyridine rings is 1. The molecule has 0 aliphatic carbocycles. The normalized spacial score (nSPS) is 11.4. The molecule has 25 heavy (non-hydrogen) atoms. The van der Waals surface area contributed by atoms with E-state index in [1.54, 1.807) is 7.05 Å². The number of nitrogens with zero attached hydrogens (tertiary/aromatic N) is 3. The molecule has 5 nitrogen and oxygen atoms in total. The Morgan fingerprint density at radius 2 is 1.92 bits per heavy atom. The third-order valence-corrected chi connectivity index (χ3v) is 5.47. The minimum absolute atomic E-state index is 0.135. The molecule has 3 heterocycles. The summed E-state index contributed by atoms with van der Waals surface area (Å²) in [5, 5.41) is 1.06. The summed E-state index contributed by atoms with van der Waals surface area (Å²) < 4.78 is 5.71. The average molecular weight is 351 g/mol. The molecule has 0 bridgehead atoms. The largest absolute Gasteiger partial charge is 0.423 e. The zero-order valence-corrected chi connectivity index (χ0v) is 15.3. The van der Waals surface area contributed by atoms with Gasteiger partial charge in [-0.15, -0.1) is 11.3 Å². The first-order chi connectivity index (χ1) is 12.0. The van der Waals surface area contributed by atoms with Crippen LogP contribution < -0.4 is 4.90 Å². The first kappa shape index (κ1) is 15.8. The molecule has 126 valence electrons. The van der Waals surface area contributed by atoms with E-state index in [1.165, 1.54) is 16.2 Å². The van der Waals surface area contributed by atoms with Gasteiger partial charge < -0.3 is 4.42 Å². The van der Waals surface area contributed by atoms with Crippen molar-refractivity contribution in [3.63, 3.8) is 0 Å². The van der Waals surface area contributed by atoms with Crippen LogP contribution in [-0.4, -0.2) is 22.9 Å². The Kier molecular flexibility index (Phi) is 3.58. The molecule has 0 radical (unpaired) electrons. The van der Waals surface area contributed by atoms with Gasteiger partial charge in [0.2, 0.25) is 0 Å². The Hall–Kier alpha value is -2.73. The van der Waals surface area contributed by atoms with Crippen molar-refractivity contribution in [1.82, 2.24) is 9.97 Å². The molecule has 0 atom stereocenters. The number of amides is 1. The van der Waals surface area contributed by atoms with E-state index in [4.69, 9.17) is 4.42 Å². The number of thiophene rings is 1. The van der Waals surface area contributed by atoms with Crippen molar-refractivity contribution < 1.29 is 9.21 Å². The third kappa shape index (κ3) is 2.49. The number of aryl methyl sites for hydroxylation is 3. The highest BCUT2D eigenvalue weighted by molar-refractivity contribution is 7.20. The van der Waals surface area contributed by atoms with Crippen molar-refractivity contribution >= 4 is 44.6 Å². The molecule has 6 heteroatoms. The number of hydrogen-bond acceptors (Lipinski definition) is 5. The van der Waals surface area contributed by atoms with Crippen LogP contribution in [0.4, 0.5) is 6.01 Å².